The van der Waals surface area contributed by atoms with Gasteiger partial charge in [-0.05, 0) is 30.2 Å². The third-order valence-electron chi connectivity index (χ3n) is 5.45. The SMILES string of the molecule is Cc1cnc2c(S(=O)(=O)N3CCN(C(C(N)=O)c4ccccc4)CC3)cccc2c1. The summed E-state index contributed by atoms with van der Waals surface area (Å²) in [4.78, 5) is 18.6. The van der Waals surface area contributed by atoms with Crippen LogP contribution in [0.5, 0.6) is 0 Å². The second kappa shape index (κ2) is 8.14. The molecule has 1 aliphatic rings. The van der Waals surface area contributed by atoms with Crippen LogP contribution in [0.4, 0.5) is 0 Å². The van der Waals surface area contributed by atoms with Crippen LogP contribution in [0, 0.1) is 6.92 Å². The monoisotopic (exact) mass is 424 g/mol. The zero-order valence-corrected chi connectivity index (χ0v) is 17.5. The highest BCUT2D eigenvalue weighted by Gasteiger charge is 2.34. The largest absolute Gasteiger partial charge is 0.368 e. The van der Waals surface area contributed by atoms with Crippen LogP contribution in [-0.4, -0.2) is 54.7 Å². The first-order valence-electron chi connectivity index (χ1n) is 9.82. The normalized spacial score (nSPS) is 17.1. The topological polar surface area (TPSA) is 96.6 Å². The van der Waals surface area contributed by atoms with Gasteiger partial charge in [0.25, 0.3) is 0 Å². The second-order valence-electron chi connectivity index (χ2n) is 7.50. The van der Waals surface area contributed by atoms with Gasteiger partial charge in [0, 0.05) is 37.8 Å². The number of primary amides is 1. The molecule has 156 valence electrons. The van der Waals surface area contributed by atoms with Gasteiger partial charge < -0.3 is 5.73 Å². The third kappa shape index (κ3) is 3.81. The summed E-state index contributed by atoms with van der Waals surface area (Å²) in [5.41, 5.74) is 7.93. The molecular formula is C22H24N4O3S. The van der Waals surface area contributed by atoms with E-state index in [0.717, 1.165) is 16.5 Å². The maximum Gasteiger partial charge on any atom is 0.245 e. The lowest BCUT2D eigenvalue weighted by Gasteiger charge is -2.37. The van der Waals surface area contributed by atoms with Crippen molar-refractivity contribution in [3.8, 4) is 0 Å². The molecule has 1 amide bonds. The Labute approximate surface area is 176 Å². The number of rotatable bonds is 5. The quantitative estimate of drug-likeness (QED) is 0.676. The van der Waals surface area contributed by atoms with E-state index in [2.05, 4.69) is 4.98 Å². The van der Waals surface area contributed by atoms with E-state index in [1.165, 1.54) is 4.31 Å². The number of pyridine rings is 1. The number of benzene rings is 2. The predicted octanol–water partition coefficient (Wildman–Crippen LogP) is 2.08. The number of piperazine rings is 1. The van der Waals surface area contributed by atoms with E-state index in [4.69, 9.17) is 5.73 Å². The molecule has 0 radical (unpaired) electrons. The molecule has 0 spiro atoms. The summed E-state index contributed by atoms with van der Waals surface area (Å²) in [6.07, 6.45) is 1.68. The van der Waals surface area contributed by atoms with E-state index in [9.17, 15) is 13.2 Å². The molecule has 2 heterocycles. The molecule has 4 rings (SSSR count). The van der Waals surface area contributed by atoms with Crippen LogP contribution in [0.15, 0.2) is 65.7 Å². The fourth-order valence-corrected chi connectivity index (χ4v) is 5.57. The highest BCUT2D eigenvalue weighted by molar-refractivity contribution is 7.89. The summed E-state index contributed by atoms with van der Waals surface area (Å²) in [5.74, 6) is -0.439. The number of carbonyl (C=O) groups is 1. The molecule has 2 N–H and O–H groups in total. The first-order valence-corrected chi connectivity index (χ1v) is 11.3. The third-order valence-corrected chi connectivity index (χ3v) is 7.38. The number of carbonyl (C=O) groups excluding carboxylic acids is 1. The molecule has 0 saturated carbocycles. The number of nitrogens with two attached hydrogens (primary N) is 1. The Morgan fingerprint density at radius 2 is 1.73 bits per heavy atom. The van der Waals surface area contributed by atoms with Crippen molar-refractivity contribution in [3.63, 3.8) is 0 Å². The van der Waals surface area contributed by atoms with Gasteiger partial charge in [-0.1, -0.05) is 42.5 Å². The average molecular weight is 425 g/mol. The minimum atomic E-state index is -3.71. The fraction of sp³-hybridized carbons (Fsp3) is 0.273. The summed E-state index contributed by atoms with van der Waals surface area (Å²) in [6.45, 7) is 3.31. The number of amides is 1. The molecule has 1 aromatic heterocycles. The number of aromatic nitrogens is 1. The van der Waals surface area contributed by atoms with Crippen molar-refractivity contribution in [3.05, 3.63) is 71.9 Å². The zero-order valence-electron chi connectivity index (χ0n) is 16.7. The van der Waals surface area contributed by atoms with Crippen molar-refractivity contribution >= 4 is 26.8 Å². The first-order chi connectivity index (χ1) is 14.4. The summed E-state index contributed by atoms with van der Waals surface area (Å²) < 4.78 is 28.1. The van der Waals surface area contributed by atoms with Gasteiger partial charge in [0.1, 0.15) is 10.9 Å². The number of hydrogen-bond acceptors (Lipinski definition) is 5. The molecular weight excluding hydrogens is 400 g/mol. The molecule has 8 heteroatoms. The van der Waals surface area contributed by atoms with E-state index >= 15 is 0 Å². The predicted molar refractivity (Wildman–Crippen MR) is 115 cm³/mol. The van der Waals surface area contributed by atoms with Crippen LogP contribution in [0.1, 0.15) is 17.2 Å². The lowest BCUT2D eigenvalue weighted by Crippen LogP contribution is -2.51. The van der Waals surface area contributed by atoms with Crippen molar-refractivity contribution in [1.29, 1.82) is 0 Å². The van der Waals surface area contributed by atoms with Crippen LogP contribution in [0.3, 0.4) is 0 Å². The number of fused-ring (bicyclic) bond motifs is 1. The standard InChI is InChI=1S/C22H24N4O3S/c1-16-14-18-8-5-9-19(20(18)24-15-16)30(28,29)26-12-10-25(11-13-26)21(22(23)27)17-6-3-2-4-7-17/h2-9,14-15,21H,10-13H2,1H3,(H2,23,27). The van der Waals surface area contributed by atoms with Gasteiger partial charge in [0.2, 0.25) is 15.9 Å². The molecule has 1 aliphatic heterocycles. The summed E-state index contributed by atoms with van der Waals surface area (Å²) >= 11 is 0. The smallest absolute Gasteiger partial charge is 0.245 e. The van der Waals surface area contributed by atoms with E-state index in [1.807, 2.05) is 54.3 Å². The van der Waals surface area contributed by atoms with Crippen molar-refractivity contribution in [2.75, 3.05) is 26.2 Å². The van der Waals surface area contributed by atoms with Gasteiger partial charge in [0.15, 0.2) is 0 Å². The highest BCUT2D eigenvalue weighted by Crippen LogP contribution is 2.27. The molecule has 1 saturated heterocycles. The Morgan fingerprint density at radius 3 is 2.40 bits per heavy atom. The number of sulfonamides is 1. The number of hydrogen-bond donors (Lipinski definition) is 1. The molecule has 0 bridgehead atoms. The van der Waals surface area contributed by atoms with Crippen LogP contribution in [-0.2, 0) is 14.8 Å². The first kappa shape index (κ1) is 20.5. The summed E-state index contributed by atoms with van der Waals surface area (Å²) in [6, 6.07) is 15.9. The molecule has 30 heavy (non-hydrogen) atoms. The fourth-order valence-electron chi connectivity index (χ4n) is 3.98. The Hall–Kier alpha value is -2.81. The van der Waals surface area contributed by atoms with Crippen molar-refractivity contribution in [2.45, 2.75) is 17.9 Å². The molecule has 1 atom stereocenters. The number of nitrogens with zero attached hydrogens (tertiary/aromatic N) is 3. The maximum absolute atomic E-state index is 13.3. The minimum Gasteiger partial charge on any atom is -0.368 e. The number of para-hydroxylation sites is 1. The lowest BCUT2D eigenvalue weighted by molar-refractivity contribution is -0.124. The molecule has 1 fully saturated rings. The Balaban J connectivity index is 1.57. The van der Waals surface area contributed by atoms with Gasteiger partial charge in [0.05, 0.1) is 5.52 Å². The maximum atomic E-state index is 13.3. The molecule has 0 aliphatic carbocycles. The van der Waals surface area contributed by atoms with E-state index in [-0.39, 0.29) is 18.0 Å². The Kier molecular flexibility index (Phi) is 5.55. The van der Waals surface area contributed by atoms with Gasteiger partial charge in [-0.3, -0.25) is 14.7 Å². The van der Waals surface area contributed by atoms with E-state index < -0.39 is 22.0 Å². The van der Waals surface area contributed by atoms with Gasteiger partial charge in [-0.2, -0.15) is 4.31 Å². The number of aryl methyl sites for hydroxylation is 1. The summed E-state index contributed by atoms with van der Waals surface area (Å²) in [7, 11) is -3.71. The average Bonchev–Trinajstić information content (AvgIpc) is 2.74. The van der Waals surface area contributed by atoms with E-state index in [0.29, 0.717) is 18.6 Å². The van der Waals surface area contributed by atoms with Gasteiger partial charge in [-0.25, -0.2) is 8.42 Å². The molecule has 3 aromatic rings. The van der Waals surface area contributed by atoms with Gasteiger partial charge >= 0.3 is 0 Å². The van der Waals surface area contributed by atoms with Crippen molar-refractivity contribution in [1.82, 2.24) is 14.2 Å². The van der Waals surface area contributed by atoms with Crippen LogP contribution < -0.4 is 5.73 Å². The summed E-state index contributed by atoms with van der Waals surface area (Å²) in [5, 5.41) is 0.799. The molecule has 1 unspecified atom stereocenters. The Bertz CT molecular complexity index is 1170. The highest BCUT2D eigenvalue weighted by atomic mass is 32.2. The van der Waals surface area contributed by atoms with Gasteiger partial charge in [-0.15, -0.1) is 0 Å². The van der Waals surface area contributed by atoms with Crippen LogP contribution in [0.2, 0.25) is 0 Å². The van der Waals surface area contributed by atoms with Crippen LogP contribution in [0.25, 0.3) is 10.9 Å². The minimum absolute atomic E-state index is 0.211. The molecule has 7 nitrogen and oxygen atoms in total. The van der Waals surface area contributed by atoms with Crippen molar-refractivity contribution < 1.29 is 13.2 Å². The lowest BCUT2D eigenvalue weighted by atomic mass is 10.0. The van der Waals surface area contributed by atoms with Crippen LogP contribution >= 0.6 is 0 Å². The van der Waals surface area contributed by atoms with E-state index in [1.54, 1.807) is 18.3 Å². The molecule has 2 aromatic carbocycles. The second-order valence-corrected chi connectivity index (χ2v) is 9.40. The van der Waals surface area contributed by atoms with Crippen molar-refractivity contribution in [2.24, 2.45) is 5.73 Å². The zero-order chi connectivity index (χ0) is 21.3. The Morgan fingerprint density at radius 1 is 1.03 bits per heavy atom.